The zero-order chi connectivity index (χ0) is 15.1. The number of para-hydroxylation sites is 2. The Hall–Kier alpha value is -2.31. The average molecular weight is 291 g/mol. The minimum absolute atomic E-state index is 0.0875. The monoisotopic (exact) mass is 291 g/mol. The van der Waals surface area contributed by atoms with Crippen LogP contribution in [-0.2, 0) is 0 Å². The summed E-state index contributed by atoms with van der Waals surface area (Å²) in [5, 5.41) is 20.5. The van der Waals surface area contributed by atoms with Gasteiger partial charge in [-0.3, -0.25) is 15.1 Å². The lowest BCUT2D eigenvalue weighted by Gasteiger charge is -2.10. The summed E-state index contributed by atoms with van der Waals surface area (Å²) in [4.78, 5) is 15.0. The molecule has 1 aliphatic rings. The third-order valence-corrected chi connectivity index (χ3v) is 3.06. The van der Waals surface area contributed by atoms with E-state index in [1.54, 1.807) is 18.2 Å². The van der Waals surface area contributed by atoms with E-state index in [4.69, 9.17) is 0 Å². The quantitative estimate of drug-likeness (QED) is 0.234. The molecule has 0 heterocycles. The number of hydrogen-bond acceptors (Lipinski definition) is 4. The van der Waals surface area contributed by atoms with Gasteiger partial charge in [0.25, 0.3) is 5.69 Å². The molecular weight excluding hydrogens is 270 g/mol. The van der Waals surface area contributed by atoms with Crippen LogP contribution in [0.5, 0.6) is 0 Å². The number of anilines is 1. The number of benzene rings is 1. The van der Waals surface area contributed by atoms with Crippen LogP contribution in [0.3, 0.4) is 0 Å². The normalized spacial score (nSPS) is 14.6. The topological polar surface area (TPSA) is 91.6 Å². The Balaban J connectivity index is 1.83. The van der Waals surface area contributed by atoms with E-state index in [1.807, 2.05) is 6.92 Å². The van der Waals surface area contributed by atoms with Gasteiger partial charge in [0.15, 0.2) is 5.96 Å². The summed E-state index contributed by atoms with van der Waals surface area (Å²) in [5.41, 5.74) is 0.613. The second-order valence-electron chi connectivity index (χ2n) is 4.88. The molecule has 0 aliphatic heterocycles. The summed E-state index contributed by atoms with van der Waals surface area (Å²) in [6.07, 6.45) is 2.39. The fraction of sp³-hybridized carbons (Fsp3) is 0.500. The predicted molar refractivity (Wildman–Crippen MR) is 83.7 cm³/mol. The third-order valence-electron chi connectivity index (χ3n) is 3.06. The van der Waals surface area contributed by atoms with Crippen molar-refractivity contribution in [3.63, 3.8) is 0 Å². The van der Waals surface area contributed by atoms with Crippen LogP contribution >= 0.6 is 0 Å². The van der Waals surface area contributed by atoms with Gasteiger partial charge < -0.3 is 16.0 Å². The number of nitrogens with zero attached hydrogens (tertiary/aromatic N) is 2. The molecule has 0 unspecified atom stereocenters. The average Bonchev–Trinajstić information content (AvgIpc) is 3.28. The zero-order valence-corrected chi connectivity index (χ0v) is 12.1. The van der Waals surface area contributed by atoms with Gasteiger partial charge in [0.05, 0.1) is 11.5 Å². The molecule has 1 fully saturated rings. The van der Waals surface area contributed by atoms with Crippen molar-refractivity contribution < 1.29 is 4.92 Å². The molecule has 3 N–H and O–H groups in total. The molecular formula is C14H21N5O2. The number of nitrogens with one attached hydrogen (secondary N) is 3. The first-order chi connectivity index (χ1) is 10.2. The highest BCUT2D eigenvalue weighted by molar-refractivity contribution is 5.80. The van der Waals surface area contributed by atoms with Crippen molar-refractivity contribution in [3.05, 3.63) is 34.4 Å². The van der Waals surface area contributed by atoms with Crippen molar-refractivity contribution in [3.8, 4) is 0 Å². The SMILES string of the molecule is CCNC(=NCCNc1ccccc1[N+](=O)[O-])NC1CC1. The van der Waals surface area contributed by atoms with Crippen molar-refractivity contribution in [1.82, 2.24) is 10.6 Å². The molecule has 114 valence electrons. The molecule has 1 aromatic rings. The van der Waals surface area contributed by atoms with E-state index in [1.165, 1.54) is 18.9 Å². The maximum absolute atomic E-state index is 10.9. The summed E-state index contributed by atoms with van der Waals surface area (Å²) in [7, 11) is 0. The van der Waals surface area contributed by atoms with Crippen LogP contribution in [0.2, 0.25) is 0 Å². The summed E-state index contributed by atoms with van der Waals surface area (Å²) in [6.45, 7) is 3.94. The van der Waals surface area contributed by atoms with Crippen LogP contribution in [-0.4, -0.2) is 36.6 Å². The van der Waals surface area contributed by atoms with Gasteiger partial charge in [-0.2, -0.15) is 0 Å². The molecule has 7 nitrogen and oxygen atoms in total. The molecule has 7 heteroatoms. The Labute approximate surface area is 124 Å². The van der Waals surface area contributed by atoms with Crippen LogP contribution in [0.4, 0.5) is 11.4 Å². The number of guanidine groups is 1. The van der Waals surface area contributed by atoms with Crippen molar-refractivity contribution in [1.29, 1.82) is 0 Å². The Bertz CT molecular complexity index is 514. The van der Waals surface area contributed by atoms with Crippen LogP contribution in [0.1, 0.15) is 19.8 Å². The smallest absolute Gasteiger partial charge is 0.292 e. The van der Waals surface area contributed by atoms with Gasteiger partial charge in [-0.1, -0.05) is 12.1 Å². The first-order valence-corrected chi connectivity index (χ1v) is 7.23. The summed E-state index contributed by atoms with van der Waals surface area (Å²) < 4.78 is 0. The van der Waals surface area contributed by atoms with E-state index in [2.05, 4.69) is 20.9 Å². The van der Waals surface area contributed by atoms with Crippen LogP contribution in [0.15, 0.2) is 29.3 Å². The van der Waals surface area contributed by atoms with Gasteiger partial charge >= 0.3 is 0 Å². The van der Waals surface area contributed by atoms with E-state index in [-0.39, 0.29) is 10.6 Å². The molecule has 1 aliphatic carbocycles. The molecule has 0 radical (unpaired) electrons. The highest BCUT2D eigenvalue weighted by atomic mass is 16.6. The van der Waals surface area contributed by atoms with E-state index in [9.17, 15) is 10.1 Å². The fourth-order valence-electron chi connectivity index (χ4n) is 1.88. The van der Waals surface area contributed by atoms with E-state index in [0.29, 0.717) is 24.8 Å². The molecule has 0 bridgehead atoms. The number of rotatable bonds is 7. The lowest BCUT2D eigenvalue weighted by Crippen LogP contribution is -2.38. The number of nitro groups is 1. The number of hydrogen-bond donors (Lipinski definition) is 3. The highest BCUT2D eigenvalue weighted by Crippen LogP contribution is 2.22. The zero-order valence-electron chi connectivity index (χ0n) is 12.1. The van der Waals surface area contributed by atoms with Crippen molar-refractivity contribution in [2.75, 3.05) is 25.0 Å². The molecule has 0 atom stereocenters. The second kappa shape index (κ2) is 7.47. The summed E-state index contributed by atoms with van der Waals surface area (Å²) in [6, 6.07) is 7.17. The van der Waals surface area contributed by atoms with Crippen molar-refractivity contribution in [2.45, 2.75) is 25.8 Å². The maximum atomic E-state index is 10.9. The standard InChI is InChI=1S/C14H21N5O2/c1-2-15-14(18-11-7-8-11)17-10-9-16-12-5-3-4-6-13(12)19(20)21/h3-6,11,16H,2,7-10H2,1H3,(H2,15,17,18). The maximum Gasteiger partial charge on any atom is 0.292 e. The Morgan fingerprint density at radius 2 is 2.19 bits per heavy atom. The van der Waals surface area contributed by atoms with Gasteiger partial charge in [0.2, 0.25) is 0 Å². The summed E-state index contributed by atoms with van der Waals surface area (Å²) >= 11 is 0. The van der Waals surface area contributed by atoms with Gasteiger partial charge in [-0.25, -0.2) is 0 Å². The van der Waals surface area contributed by atoms with Crippen LogP contribution in [0, 0.1) is 10.1 Å². The molecule has 0 spiro atoms. The van der Waals surface area contributed by atoms with E-state index in [0.717, 1.165) is 12.5 Å². The Kier molecular flexibility index (Phi) is 5.36. The lowest BCUT2D eigenvalue weighted by molar-refractivity contribution is -0.384. The van der Waals surface area contributed by atoms with E-state index >= 15 is 0 Å². The van der Waals surface area contributed by atoms with Crippen LogP contribution in [0.25, 0.3) is 0 Å². The van der Waals surface area contributed by atoms with Gasteiger partial charge in [-0.05, 0) is 25.8 Å². The number of nitro benzene ring substituents is 1. The Morgan fingerprint density at radius 3 is 2.86 bits per heavy atom. The number of aliphatic imine (C=N–C) groups is 1. The van der Waals surface area contributed by atoms with Gasteiger partial charge in [0.1, 0.15) is 5.69 Å². The molecule has 2 rings (SSSR count). The highest BCUT2D eigenvalue weighted by Gasteiger charge is 2.21. The lowest BCUT2D eigenvalue weighted by atomic mass is 10.2. The van der Waals surface area contributed by atoms with Crippen LogP contribution < -0.4 is 16.0 Å². The van der Waals surface area contributed by atoms with E-state index < -0.39 is 0 Å². The Morgan fingerprint density at radius 1 is 1.43 bits per heavy atom. The first-order valence-electron chi connectivity index (χ1n) is 7.23. The molecule has 0 amide bonds. The first kappa shape index (κ1) is 15.1. The minimum atomic E-state index is -0.385. The molecule has 1 saturated carbocycles. The largest absolute Gasteiger partial charge is 0.378 e. The molecule has 0 saturated heterocycles. The van der Waals surface area contributed by atoms with Crippen molar-refractivity contribution >= 4 is 17.3 Å². The molecule has 1 aromatic carbocycles. The molecule has 0 aromatic heterocycles. The third kappa shape index (κ3) is 4.94. The van der Waals surface area contributed by atoms with Crippen molar-refractivity contribution in [2.24, 2.45) is 4.99 Å². The minimum Gasteiger partial charge on any atom is -0.378 e. The van der Waals surface area contributed by atoms with Gasteiger partial charge in [0, 0.05) is 25.2 Å². The summed E-state index contributed by atoms with van der Waals surface area (Å²) in [5.74, 6) is 0.810. The molecule has 21 heavy (non-hydrogen) atoms. The predicted octanol–water partition coefficient (Wildman–Crippen LogP) is 1.72. The second-order valence-corrected chi connectivity index (χ2v) is 4.88. The van der Waals surface area contributed by atoms with Gasteiger partial charge in [-0.15, -0.1) is 0 Å². The fourth-order valence-corrected chi connectivity index (χ4v) is 1.88.